The predicted molar refractivity (Wildman–Crippen MR) is 101 cm³/mol. The number of benzene rings is 2. The Morgan fingerprint density at radius 1 is 0.808 bits per heavy atom. The van der Waals surface area contributed by atoms with Crippen LogP contribution in [-0.4, -0.2) is 19.8 Å². The minimum Gasteiger partial charge on any atom is -0.490 e. The van der Waals surface area contributed by atoms with E-state index in [0.29, 0.717) is 48.0 Å². The van der Waals surface area contributed by atoms with E-state index in [1.54, 1.807) is 12.1 Å². The molecule has 5 nitrogen and oxygen atoms in total. The molecule has 136 valence electrons. The van der Waals surface area contributed by atoms with Gasteiger partial charge in [-0.25, -0.2) is 0 Å². The van der Waals surface area contributed by atoms with Crippen LogP contribution in [0.15, 0.2) is 51.7 Å². The van der Waals surface area contributed by atoms with Gasteiger partial charge in [0.2, 0.25) is 11.2 Å². The summed E-state index contributed by atoms with van der Waals surface area (Å²) >= 11 is 0. The third-order valence-electron chi connectivity index (χ3n) is 3.85. The molecule has 0 aliphatic heterocycles. The topological polar surface area (TPSA) is 57.9 Å². The highest BCUT2D eigenvalue weighted by atomic mass is 16.5. The normalized spacial score (nSPS) is 10.7. The van der Waals surface area contributed by atoms with Crippen LogP contribution in [0.4, 0.5) is 0 Å². The van der Waals surface area contributed by atoms with Gasteiger partial charge in [-0.05, 0) is 32.9 Å². The third kappa shape index (κ3) is 3.25. The van der Waals surface area contributed by atoms with Gasteiger partial charge in [0.25, 0.3) is 0 Å². The van der Waals surface area contributed by atoms with Crippen molar-refractivity contribution in [2.45, 2.75) is 20.8 Å². The van der Waals surface area contributed by atoms with Crippen molar-refractivity contribution in [1.82, 2.24) is 0 Å². The van der Waals surface area contributed by atoms with Crippen LogP contribution in [0, 0.1) is 0 Å². The monoisotopic (exact) mass is 354 g/mol. The zero-order valence-electron chi connectivity index (χ0n) is 15.2. The predicted octanol–water partition coefficient (Wildman–Crippen LogP) is 4.66. The summed E-state index contributed by atoms with van der Waals surface area (Å²) in [5.41, 5.74) is 0.947. The maximum Gasteiger partial charge on any atom is 0.239 e. The molecular weight excluding hydrogens is 332 g/mol. The molecule has 0 fully saturated rings. The summed E-state index contributed by atoms with van der Waals surface area (Å²) in [6.07, 6.45) is 0. The molecule has 0 N–H and O–H groups in total. The first kappa shape index (κ1) is 17.9. The number of rotatable bonds is 7. The summed E-state index contributed by atoms with van der Waals surface area (Å²) < 4.78 is 23.1. The molecule has 0 saturated heterocycles. The van der Waals surface area contributed by atoms with Crippen molar-refractivity contribution in [3.63, 3.8) is 0 Å². The van der Waals surface area contributed by atoms with Crippen LogP contribution >= 0.6 is 0 Å². The molecule has 5 heteroatoms. The van der Waals surface area contributed by atoms with E-state index in [2.05, 4.69) is 0 Å². The van der Waals surface area contributed by atoms with Gasteiger partial charge in [-0.15, -0.1) is 0 Å². The molecule has 0 spiro atoms. The van der Waals surface area contributed by atoms with Crippen molar-refractivity contribution in [1.29, 1.82) is 0 Å². The molecule has 0 radical (unpaired) electrons. The molecule has 1 heterocycles. The summed E-state index contributed by atoms with van der Waals surface area (Å²) in [7, 11) is 0. The van der Waals surface area contributed by atoms with Gasteiger partial charge in [-0.3, -0.25) is 4.79 Å². The second-order valence-corrected chi connectivity index (χ2v) is 5.52. The molecule has 0 amide bonds. The number of fused-ring (bicyclic) bond motifs is 1. The lowest BCUT2D eigenvalue weighted by molar-refractivity contribution is 0.289. The highest BCUT2D eigenvalue weighted by Gasteiger charge is 2.22. The molecule has 3 rings (SSSR count). The average molecular weight is 354 g/mol. The van der Waals surface area contributed by atoms with Gasteiger partial charge >= 0.3 is 0 Å². The quantitative estimate of drug-likeness (QED) is 0.618. The first-order valence-electron chi connectivity index (χ1n) is 8.78. The van der Waals surface area contributed by atoms with E-state index in [1.165, 1.54) is 0 Å². The van der Waals surface area contributed by atoms with E-state index in [0.717, 1.165) is 5.56 Å². The van der Waals surface area contributed by atoms with Gasteiger partial charge in [0.1, 0.15) is 11.0 Å². The average Bonchev–Trinajstić information content (AvgIpc) is 2.66. The van der Waals surface area contributed by atoms with E-state index < -0.39 is 0 Å². The Kier molecular flexibility index (Phi) is 5.46. The molecule has 3 aromatic rings. The largest absolute Gasteiger partial charge is 0.490 e. The van der Waals surface area contributed by atoms with Crippen LogP contribution in [0.5, 0.6) is 17.2 Å². The molecule has 0 unspecified atom stereocenters. The van der Waals surface area contributed by atoms with E-state index >= 15 is 0 Å². The van der Waals surface area contributed by atoms with Gasteiger partial charge in [-0.1, -0.05) is 30.3 Å². The van der Waals surface area contributed by atoms with E-state index in [9.17, 15) is 4.79 Å². The van der Waals surface area contributed by atoms with Crippen molar-refractivity contribution >= 4 is 11.0 Å². The number of hydrogen-bond donors (Lipinski definition) is 0. The molecule has 2 aromatic carbocycles. The fourth-order valence-corrected chi connectivity index (χ4v) is 2.83. The molecule has 1 aromatic heterocycles. The molecule has 0 aliphatic carbocycles. The Hall–Kier alpha value is -2.95. The van der Waals surface area contributed by atoms with Crippen LogP contribution in [0.3, 0.4) is 0 Å². The Balaban J connectivity index is 2.35. The summed E-state index contributed by atoms with van der Waals surface area (Å²) in [5.74, 6) is 1.50. The maximum atomic E-state index is 13.2. The fraction of sp³-hybridized carbons (Fsp3) is 0.286. The zero-order valence-corrected chi connectivity index (χ0v) is 15.2. The number of ether oxygens (including phenoxy) is 3. The zero-order chi connectivity index (χ0) is 18.5. The Bertz CT molecular complexity index is 944. The first-order chi connectivity index (χ1) is 12.7. The van der Waals surface area contributed by atoms with Crippen molar-refractivity contribution in [3.8, 4) is 28.6 Å². The van der Waals surface area contributed by atoms with E-state index in [4.69, 9.17) is 18.6 Å². The lowest BCUT2D eigenvalue weighted by atomic mass is 10.1. The lowest BCUT2D eigenvalue weighted by Crippen LogP contribution is -2.12. The van der Waals surface area contributed by atoms with E-state index in [1.807, 2.05) is 51.1 Å². The van der Waals surface area contributed by atoms with Gasteiger partial charge in [0.05, 0.1) is 19.8 Å². The van der Waals surface area contributed by atoms with Crippen LogP contribution in [0.2, 0.25) is 0 Å². The van der Waals surface area contributed by atoms with Crippen LogP contribution in [0.25, 0.3) is 22.3 Å². The molecule has 0 saturated carbocycles. The van der Waals surface area contributed by atoms with Gasteiger partial charge in [0.15, 0.2) is 17.3 Å². The highest BCUT2D eigenvalue weighted by molar-refractivity contribution is 5.89. The molecule has 0 atom stereocenters. The Morgan fingerprint density at radius 3 is 2.12 bits per heavy atom. The molecule has 0 aliphatic rings. The second kappa shape index (κ2) is 7.95. The molecule has 26 heavy (non-hydrogen) atoms. The lowest BCUT2D eigenvalue weighted by Gasteiger charge is -2.15. The van der Waals surface area contributed by atoms with Crippen LogP contribution in [-0.2, 0) is 0 Å². The summed E-state index contributed by atoms with van der Waals surface area (Å²) in [6.45, 7) is 6.80. The van der Waals surface area contributed by atoms with Crippen molar-refractivity contribution in [3.05, 3.63) is 52.7 Å². The van der Waals surface area contributed by atoms with Crippen LogP contribution < -0.4 is 19.6 Å². The summed E-state index contributed by atoms with van der Waals surface area (Å²) in [6, 6.07) is 12.9. The minimum atomic E-state index is -0.267. The minimum absolute atomic E-state index is 0.181. The Labute approximate surface area is 152 Å². The van der Waals surface area contributed by atoms with E-state index in [-0.39, 0.29) is 11.2 Å². The number of hydrogen-bond acceptors (Lipinski definition) is 5. The second-order valence-electron chi connectivity index (χ2n) is 5.52. The Morgan fingerprint density at radius 2 is 1.46 bits per heavy atom. The molecular formula is C21H22O5. The van der Waals surface area contributed by atoms with Crippen molar-refractivity contribution < 1.29 is 18.6 Å². The SMILES string of the molecule is CCOc1ccc2oc(-c3ccccc3)c(OCC)c(=O)c2c1OCC. The first-order valence-corrected chi connectivity index (χ1v) is 8.78. The van der Waals surface area contributed by atoms with Crippen molar-refractivity contribution in [2.24, 2.45) is 0 Å². The van der Waals surface area contributed by atoms with Crippen LogP contribution in [0.1, 0.15) is 20.8 Å². The maximum absolute atomic E-state index is 13.2. The van der Waals surface area contributed by atoms with Gasteiger partial charge in [-0.2, -0.15) is 0 Å². The third-order valence-corrected chi connectivity index (χ3v) is 3.85. The fourth-order valence-electron chi connectivity index (χ4n) is 2.83. The standard InChI is InChI=1S/C21H22O5/c1-4-23-16-13-12-15-17(20(16)24-5-2)18(22)21(25-6-3)19(26-15)14-10-8-7-9-11-14/h7-13H,4-6H2,1-3H3. The highest BCUT2D eigenvalue weighted by Crippen LogP contribution is 2.38. The molecule has 0 bridgehead atoms. The van der Waals surface area contributed by atoms with Gasteiger partial charge < -0.3 is 18.6 Å². The smallest absolute Gasteiger partial charge is 0.239 e. The van der Waals surface area contributed by atoms with Gasteiger partial charge in [0, 0.05) is 5.56 Å². The van der Waals surface area contributed by atoms with Crippen molar-refractivity contribution in [2.75, 3.05) is 19.8 Å². The summed E-state index contributed by atoms with van der Waals surface area (Å²) in [5, 5.41) is 0.334. The summed E-state index contributed by atoms with van der Waals surface area (Å²) in [4.78, 5) is 13.2.